The molecule has 0 saturated heterocycles. The number of rotatable bonds is 1. The molecule has 0 amide bonds. The lowest BCUT2D eigenvalue weighted by molar-refractivity contribution is -0.516. The molecule has 4 heteroatoms. The summed E-state index contributed by atoms with van der Waals surface area (Å²) >= 11 is 0. The zero-order valence-electron chi connectivity index (χ0n) is 9.60. The number of carbonyl (C=O) groups excluding carboxylic acids is 1. The van der Waals surface area contributed by atoms with E-state index in [0.717, 1.165) is 5.56 Å². The first kappa shape index (κ1) is 11.1. The highest BCUT2D eigenvalue weighted by Crippen LogP contribution is 2.13. The molecule has 0 aliphatic heterocycles. The zero-order valence-corrected chi connectivity index (χ0v) is 9.60. The van der Waals surface area contributed by atoms with Crippen molar-refractivity contribution in [3.8, 4) is 6.07 Å². The molecule has 0 N–H and O–H groups in total. The maximum Gasteiger partial charge on any atom is 0.403 e. The van der Waals surface area contributed by atoms with Gasteiger partial charge in [0.1, 0.15) is 11.6 Å². The third-order valence-electron chi connectivity index (χ3n) is 2.63. The van der Waals surface area contributed by atoms with Crippen molar-refractivity contribution in [1.82, 2.24) is 0 Å². The summed E-state index contributed by atoms with van der Waals surface area (Å²) in [6.45, 7) is 1.80. The van der Waals surface area contributed by atoms with Crippen molar-refractivity contribution in [1.29, 1.82) is 5.26 Å². The number of nitrogens with zero attached hydrogens (tertiary/aromatic N) is 2. The predicted octanol–water partition coefficient (Wildman–Crippen LogP) is 1.39. The molecule has 2 aromatic heterocycles. The van der Waals surface area contributed by atoms with Gasteiger partial charge in [0.15, 0.2) is 6.20 Å². The first-order valence-corrected chi connectivity index (χ1v) is 5.11. The maximum atomic E-state index is 11.7. The number of nitriles is 1. The van der Waals surface area contributed by atoms with Crippen LogP contribution >= 0.6 is 0 Å². The largest absolute Gasteiger partial charge is 0.461 e. The van der Waals surface area contributed by atoms with E-state index in [0.29, 0.717) is 16.8 Å². The Bertz CT molecular complexity index is 642. The Hall–Kier alpha value is -2.41. The zero-order chi connectivity index (χ0) is 12.4. The van der Waals surface area contributed by atoms with Gasteiger partial charge in [0, 0.05) is 18.2 Å². The number of hydrogen-bond donors (Lipinski definition) is 0. The molecule has 0 aliphatic rings. The Morgan fingerprint density at radius 3 is 2.88 bits per heavy atom. The molecular weight excluding hydrogens is 216 g/mol. The quantitative estimate of drug-likeness (QED) is 0.546. The van der Waals surface area contributed by atoms with E-state index in [2.05, 4.69) is 6.07 Å². The van der Waals surface area contributed by atoms with Crippen LogP contribution in [0, 0.1) is 18.3 Å². The van der Waals surface area contributed by atoms with Gasteiger partial charge in [0.25, 0.3) is 5.69 Å². The highest BCUT2D eigenvalue weighted by molar-refractivity contribution is 5.86. The van der Waals surface area contributed by atoms with Gasteiger partial charge in [0.05, 0.1) is 7.11 Å². The summed E-state index contributed by atoms with van der Waals surface area (Å²) in [4.78, 5) is 11.7. The number of pyridine rings is 2. The van der Waals surface area contributed by atoms with Crippen LogP contribution in [-0.4, -0.2) is 13.1 Å². The van der Waals surface area contributed by atoms with E-state index in [1.807, 2.05) is 6.07 Å². The second-order valence-electron chi connectivity index (χ2n) is 3.65. The predicted molar refractivity (Wildman–Crippen MR) is 60.4 cm³/mol. The molecule has 17 heavy (non-hydrogen) atoms. The normalized spacial score (nSPS) is 9.94. The van der Waals surface area contributed by atoms with Crippen molar-refractivity contribution in [3.05, 3.63) is 47.3 Å². The molecule has 0 aliphatic carbocycles. The second-order valence-corrected chi connectivity index (χ2v) is 3.65. The van der Waals surface area contributed by atoms with Gasteiger partial charge in [-0.3, -0.25) is 0 Å². The topological polar surface area (TPSA) is 54.2 Å². The molecule has 0 bridgehead atoms. The van der Waals surface area contributed by atoms with Crippen LogP contribution in [0.5, 0.6) is 0 Å². The second kappa shape index (κ2) is 4.22. The van der Waals surface area contributed by atoms with Crippen molar-refractivity contribution in [2.75, 3.05) is 7.11 Å². The molecule has 0 atom stereocenters. The van der Waals surface area contributed by atoms with E-state index < -0.39 is 5.97 Å². The summed E-state index contributed by atoms with van der Waals surface area (Å²) in [5.74, 6) is -0.418. The highest BCUT2D eigenvalue weighted by Gasteiger charge is 2.22. The number of hydrogen-bond acceptors (Lipinski definition) is 3. The number of aryl methyl sites for hydroxylation is 1. The first-order valence-electron chi connectivity index (χ1n) is 5.11. The molecular formula is C13H11N2O2+. The van der Waals surface area contributed by atoms with Gasteiger partial charge in [-0.15, -0.1) is 0 Å². The van der Waals surface area contributed by atoms with Crippen LogP contribution in [0.1, 0.15) is 21.6 Å². The van der Waals surface area contributed by atoms with Crippen LogP contribution in [0.4, 0.5) is 0 Å². The summed E-state index contributed by atoms with van der Waals surface area (Å²) in [7, 11) is 1.34. The SMILES string of the molecule is COC(=O)c1cc(C)c(C#N)c2cccc[n+]12. The van der Waals surface area contributed by atoms with Crippen molar-refractivity contribution >= 4 is 11.5 Å². The smallest absolute Gasteiger partial charge is 0.403 e. The van der Waals surface area contributed by atoms with Crippen LogP contribution in [0.3, 0.4) is 0 Å². The number of aromatic nitrogens is 1. The van der Waals surface area contributed by atoms with Gasteiger partial charge in [0.2, 0.25) is 5.52 Å². The molecule has 84 valence electrons. The molecule has 0 fully saturated rings. The van der Waals surface area contributed by atoms with Gasteiger partial charge >= 0.3 is 5.97 Å². The molecule has 2 rings (SSSR count). The van der Waals surface area contributed by atoms with Crippen molar-refractivity contribution in [3.63, 3.8) is 0 Å². The first-order chi connectivity index (χ1) is 8.19. The fraction of sp³-hybridized carbons (Fsp3) is 0.154. The van der Waals surface area contributed by atoms with E-state index in [-0.39, 0.29) is 0 Å². The van der Waals surface area contributed by atoms with Crippen LogP contribution in [0.2, 0.25) is 0 Å². The summed E-state index contributed by atoms with van der Waals surface area (Å²) < 4.78 is 6.39. The van der Waals surface area contributed by atoms with Crippen molar-refractivity contribution < 1.29 is 13.9 Å². The number of methoxy groups -OCH3 is 1. The van der Waals surface area contributed by atoms with Crippen LogP contribution in [0.25, 0.3) is 5.52 Å². The standard InChI is InChI=1S/C13H11N2O2/c1-9-7-12(13(16)17-2)15-6-4-3-5-11(15)10(9)8-14/h3-7H,1-2H3/q+1. The monoisotopic (exact) mass is 227 g/mol. The molecule has 4 nitrogen and oxygen atoms in total. The van der Waals surface area contributed by atoms with Gasteiger partial charge in [-0.1, -0.05) is 0 Å². The van der Waals surface area contributed by atoms with Gasteiger partial charge < -0.3 is 4.74 Å². The molecule has 0 aromatic carbocycles. The molecule has 0 radical (unpaired) electrons. The van der Waals surface area contributed by atoms with Crippen molar-refractivity contribution in [2.45, 2.75) is 6.92 Å². The van der Waals surface area contributed by atoms with E-state index in [1.165, 1.54) is 7.11 Å². The van der Waals surface area contributed by atoms with Gasteiger partial charge in [-0.25, -0.2) is 4.79 Å². The fourth-order valence-electron chi connectivity index (χ4n) is 1.81. The highest BCUT2D eigenvalue weighted by atomic mass is 16.5. The lowest BCUT2D eigenvalue weighted by Gasteiger charge is -2.02. The van der Waals surface area contributed by atoms with Gasteiger partial charge in [-0.2, -0.15) is 9.66 Å². The molecule has 0 unspecified atom stereocenters. The fourth-order valence-corrected chi connectivity index (χ4v) is 1.81. The number of esters is 1. The number of carbonyl (C=O) groups is 1. The minimum atomic E-state index is -0.418. The van der Waals surface area contributed by atoms with E-state index >= 15 is 0 Å². The van der Waals surface area contributed by atoms with Crippen LogP contribution in [-0.2, 0) is 4.74 Å². The van der Waals surface area contributed by atoms with Crippen molar-refractivity contribution in [2.24, 2.45) is 0 Å². The Kier molecular flexibility index (Phi) is 2.75. The lowest BCUT2D eigenvalue weighted by Crippen LogP contribution is -2.32. The van der Waals surface area contributed by atoms with Crippen LogP contribution in [0.15, 0.2) is 30.5 Å². The minimum Gasteiger partial charge on any atom is -0.461 e. The van der Waals surface area contributed by atoms with E-state index in [9.17, 15) is 4.79 Å². The summed E-state index contributed by atoms with van der Waals surface area (Å²) in [5, 5.41) is 9.12. The number of ether oxygens (including phenoxy) is 1. The van der Waals surface area contributed by atoms with E-state index in [1.54, 1.807) is 35.7 Å². The molecule has 2 aromatic rings. The molecule has 0 spiro atoms. The number of fused-ring (bicyclic) bond motifs is 1. The average molecular weight is 227 g/mol. The Morgan fingerprint density at radius 1 is 1.47 bits per heavy atom. The molecule has 2 heterocycles. The average Bonchev–Trinajstić information content (AvgIpc) is 2.37. The minimum absolute atomic E-state index is 0.416. The Balaban J connectivity index is 2.89. The third kappa shape index (κ3) is 1.72. The van der Waals surface area contributed by atoms with Crippen LogP contribution < -0.4 is 4.40 Å². The summed E-state index contributed by atoms with van der Waals surface area (Å²) in [6, 6.07) is 9.25. The Morgan fingerprint density at radius 2 is 2.24 bits per heavy atom. The maximum absolute atomic E-state index is 11.7. The Labute approximate surface area is 98.7 Å². The van der Waals surface area contributed by atoms with Gasteiger partial charge in [-0.05, 0) is 18.6 Å². The molecule has 0 saturated carbocycles. The summed E-state index contributed by atoms with van der Waals surface area (Å²) in [6.07, 6.45) is 1.74. The summed E-state index contributed by atoms with van der Waals surface area (Å²) in [5.41, 5.74) is 2.45. The third-order valence-corrected chi connectivity index (χ3v) is 2.63. The van der Waals surface area contributed by atoms with E-state index in [4.69, 9.17) is 10.00 Å². The lowest BCUT2D eigenvalue weighted by atomic mass is 10.1.